The predicted octanol–water partition coefficient (Wildman–Crippen LogP) is 4.66. The van der Waals surface area contributed by atoms with E-state index in [9.17, 15) is 13.2 Å². The maximum atomic E-state index is 12.7. The Bertz CT molecular complexity index is 842. The van der Waals surface area contributed by atoms with Crippen LogP contribution in [0.3, 0.4) is 0 Å². The lowest BCUT2D eigenvalue weighted by Crippen LogP contribution is -2.05. The number of hydrogen-bond donors (Lipinski definition) is 0. The highest BCUT2D eigenvalue weighted by Gasteiger charge is 2.34. The van der Waals surface area contributed by atoms with Crippen molar-refractivity contribution in [2.45, 2.75) is 13.1 Å². The van der Waals surface area contributed by atoms with Crippen LogP contribution in [0.15, 0.2) is 22.9 Å². The third-order valence-corrected chi connectivity index (χ3v) is 4.73. The largest absolute Gasteiger partial charge is 0.497 e. The summed E-state index contributed by atoms with van der Waals surface area (Å²) in [5, 5.41) is 3.71. The molecule has 3 rings (SSSR count). The van der Waals surface area contributed by atoms with E-state index in [1.165, 1.54) is 18.4 Å². The Balaban J connectivity index is 2.07. The molecule has 9 heteroatoms. The average Bonchev–Trinajstić information content (AvgIpc) is 3.15. The van der Waals surface area contributed by atoms with E-state index >= 15 is 0 Å². The van der Waals surface area contributed by atoms with Gasteiger partial charge in [0.1, 0.15) is 27.2 Å². The second kappa shape index (κ2) is 5.89. The van der Waals surface area contributed by atoms with E-state index in [0.717, 1.165) is 22.4 Å². The van der Waals surface area contributed by atoms with Crippen LogP contribution in [0.5, 0.6) is 5.75 Å². The normalized spacial score (nSPS) is 11.7. The molecule has 0 aliphatic rings. The summed E-state index contributed by atoms with van der Waals surface area (Å²) in [6.45, 7) is 1.86. The summed E-state index contributed by atoms with van der Waals surface area (Å²) in [7, 11) is 1.49. The van der Waals surface area contributed by atoms with Gasteiger partial charge in [-0.25, -0.2) is 15.0 Å². The minimum atomic E-state index is -4.47. The maximum absolute atomic E-state index is 12.7. The SMILES string of the molecule is COc1cc(-c2nc(C)cs2)nc(-c2nc(C(F)(F)F)cs2)c1. The summed E-state index contributed by atoms with van der Waals surface area (Å²) in [5.74, 6) is 0.488. The minimum Gasteiger partial charge on any atom is -0.497 e. The molecule has 3 aromatic rings. The fourth-order valence-corrected chi connectivity index (χ4v) is 3.38. The third kappa shape index (κ3) is 3.35. The molecule has 3 heterocycles. The highest BCUT2D eigenvalue weighted by molar-refractivity contribution is 7.13. The molecule has 120 valence electrons. The average molecular weight is 357 g/mol. The zero-order valence-electron chi connectivity index (χ0n) is 12.0. The van der Waals surface area contributed by atoms with Crippen LogP contribution in [0.4, 0.5) is 13.2 Å². The van der Waals surface area contributed by atoms with Crippen molar-refractivity contribution in [2.75, 3.05) is 7.11 Å². The van der Waals surface area contributed by atoms with Crippen LogP contribution in [0.25, 0.3) is 21.4 Å². The molecule has 23 heavy (non-hydrogen) atoms. The number of thiazole rings is 2. The number of hydrogen-bond acceptors (Lipinski definition) is 6. The first kappa shape index (κ1) is 15.9. The molecule has 0 aliphatic carbocycles. The number of aromatic nitrogens is 3. The summed E-state index contributed by atoms with van der Waals surface area (Å²) < 4.78 is 43.3. The number of rotatable bonds is 3. The zero-order chi connectivity index (χ0) is 16.6. The monoisotopic (exact) mass is 357 g/mol. The van der Waals surface area contributed by atoms with Gasteiger partial charge in [0.2, 0.25) is 0 Å². The van der Waals surface area contributed by atoms with E-state index < -0.39 is 11.9 Å². The lowest BCUT2D eigenvalue weighted by Gasteiger charge is -2.05. The second-order valence-corrected chi connectivity index (χ2v) is 6.32. The molecule has 0 amide bonds. The Labute approximate surface area is 137 Å². The first-order chi connectivity index (χ1) is 10.9. The number of aryl methyl sites for hydroxylation is 1. The first-order valence-corrected chi connectivity index (χ1v) is 8.14. The highest BCUT2D eigenvalue weighted by atomic mass is 32.1. The second-order valence-electron chi connectivity index (χ2n) is 4.61. The number of pyridine rings is 1. The summed E-state index contributed by atoms with van der Waals surface area (Å²) in [6.07, 6.45) is -4.47. The number of ether oxygens (including phenoxy) is 1. The Morgan fingerprint density at radius 1 is 0.957 bits per heavy atom. The van der Waals surface area contributed by atoms with Crippen molar-refractivity contribution in [3.05, 3.63) is 34.3 Å². The zero-order valence-corrected chi connectivity index (χ0v) is 13.6. The van der Waals surface area contributed by atoms with Crippen LogP contribution in [0.2, 0.25) is 0 Å². The quantitative estimate of drug-likeness (QED) is 0.684. The van der Waals surface area contributed by atoms with Gasteiger partial charge in [-0.1, -0.05) is 0 Å². The number of methoxy groups -OCH3 is 1. The third-order valence-electron chi connectivity index (χ3n) is 2.89. The van der Waals surface area contributed by atoms with E-state index in [-0.39, 0.29) is 5.01 Å². The van der Waals surface area contributed by atoms with Gasteiger partial charge in [-0.05, 0) is 6.92 Å². The number of nitrogens with zero attached hydrogens (tertiary/aromatic N) is 3. The summed E-state index contributed by atoms with van der Waals surface area (Å²) in [5.41, 5.74) is 0.799. The van der Waals surface area contributed by atoms with E-state index in [1.807, 2.05) is 12.3 Å². The maximum Gasteiger partial charge on any atom is 0.434 e. The summed E-state index contributed by atoms with van der Waals surface area (Å²) in [4.78, 5) is 12.3. The lowest BCUT2D eigenvalue weighted by atomic mass is 10.3. The molecule has 0 unspecified atom stereocenters. The predicted molar refractivity (Wildman–Crippen MR) is 82.7 cm³/mol. The van der Waals surface area contributed by atoms with Gasteiger partial charge >= 0.3 is 6.18 Å². The van der Waals surface area contributed by atoms with Gasteiger partial charge < -0.3 is 4.74 Å². The van der Waals surface area contributed by atoms with Crippen LogP contribution in [-0.4, -0.2) is 22.1 Å². The standard InChI is InChI=1S/C14H10F3N3OS2/c1-7-5-22-12(18-7)9-3-8(21-2)4-10(19-9)13-20-11(6-23-13)14(15,16)17/h3-6H,1-2H3. The molecular weight excluding hydrogens is 347 g/mol. The van der Waals surface area contributed by atoms with E-state index in [2.05, 4.69) is 15.0 Å². The fourth-order valence-electron chi connectivity index (χ4n) is 1.84. The van der Waals surface area contributed by atoms with Gasteiger partial charge in [-0.3, -0.25) is 0 Å². The molecule has 3 aromatic heterocycles. The van der Waals surface area contributed by atoms with Crippen molar-refractivity contribution in [2.24, 2.45) is 0 Å². The summed E-state index contributed by atoms with van der Waals surface area (Å²) in [6, 6.07) is 3.25. The molecule has 0 bridgehead atoms. The minimum absolute atomic E-state index is 0.186. The molecule has 0 saturated heterocycles. The topological polar surface area (TPSA) is 47.9 Å². The molecule has 0 radical (unpaired) electrons. The molecule has 0 aliphatic heterocycles. The Hall–Kier alpha value is -2.00. The Kier molecular flexibility index (Phi) is 4.07. The van der Waals surface area contributed by atoms with Crippen LogP contribution < -0.4 is 4.74 Å². The Morgan fingerprint density at radius 2 is 1.57 bits per heavy atom. The molecule has 0 N–H and O–H groups in total. The Morgan fingerprint density at radius 3 is 2.04 bits per heavy atom. The van der Waals surface area contributed by atoms with E-state index in [4.69, 9.17) is 4.74 Å². The van der Waals surface area contributed by atoms with Crippen molar-refractivity contribution < 1.29 is 17.9 Å². The van der Waals surface area contributed by atoms with Crippen molar-refractivity contribution in [1.29, 1.82) is 0 Å². The molecular formula is C14H10F3N3OS2. The van der Waals surface area contributed by atoms with Crippen LogP contribution in [0.1, 0.15) is 11.4 Å². The van der Waals surface area contributed by atoms with Gasteiger partial charge in [0.05, 0.1) is 7.11 Å². The highest BCUT2D eigenvalue weighted by Crippen LogP contribution is 2.35. The number of alkyl halides is 3. The molecule has 0 saturated carbocycles. The van der Waals surface area contributed by atoms with Gasteiger partial charge in [0.15, 0.2) is 5.69 Å². The van der Waals surface area contributed by atoms with Crippen molar-refractivity contribution >= 4 is 22.7 Å². The lowest BCUT2D eigenvalue weighted by molar-refractivity contribution is -0.140. The van der Waals surface area contributed by atoms with Crippen molar-refractivity contribution in [3.8, 4) is 27.2 Å². The molecule has 0 spiro atoms. The van der Waals surface area contributed by atoms with Crippen LogP contribution >= 0.6 is 22.7 Å². The fraction of sp³-hybridized carbons (Fsp3) is 0.214. The molecule has 0 fully saturated rings. The smallest absolute Gasteiger partial charge is 0.434 e. The molecule has 4 nitrogen and oxygen atoms in total. The van der Waals surface area contributed by atoms with Gasteiger partial charge in [0, 0.05) is 28.6 Å². The van der Waals surface area contributed by atoms with Crippen LogP contribution in [0, 0.1) is 6.92 Å². The van der Waals surface area contributed by atoms with Crippen LogP contribution in [-0.2, 0) is 6.18 Å². The van der Waals surface area contributed by atoms with Crippen molar-refractivity contribution in [1.82, 2.24) is 15.0 Å². The molecule has 0 aromatic carbocycles. The molecule has 0 atom stereocenters. The number of halogens is 3. The van der Waals surface area contributed by atoms with E-state index in [1.54, 1.807) is 12.1 Å². The van der Waals surface area contributed by atoms with Crippen molar-refractivity contribution in [3.63, 3.8) is 0 Å². The summed E-state index contributed by atoms with van der Waals surface area (Å²) >= 11 is 2.30. The van der Waals surface area contributed by atoms with E-state index in [0.29, 0.717) is 22.1 Å². The van der Waals surface area contributed by atoms with Gasteiger partial charge in [-0.2, -0.15) is 13.2 Å². The first-order valence-electron chi connectivity index (χ1n) is 6.38. The van der Waals surface area contributed by atoms with Gasteiger partial charge in [-0.15, -0.1) is 22.7 Å². The van der Waals surface area contributed by atoms with Gasteiger partial charge in [0.25, 0.3) is 0 Å².